The molecular weight excluding hydrogens is 314 g/mol. The van der Waals surface area contributed by atoms with Crippen molar-refractivity contribution < 1.29 is 13.2 Å². The van der Waals surface area contributed by atoms with E-state index in [0.717, 1.165) is 11.4 Å². The zero-order chi connectivity index (χ0) is 16.1. The lowest BCUT2D eigenvalue weighted by Gasteiger charge is -2.26. The van der Waals surface area contributed by atoms with E-state index in [0.29, 0.717) is 32.0 Å². The highest BCUT2D eigenvalue weighted by Gasteiger charge is 2.23. The van der Waals surface area contributed by atoms with E-state index in [4.69, 9.17) is 4.74 Å². The van der Waals surface area contributed by atoms with Gasteiger partial charge in [-0.05, 0) is 36.4 Å². The molecule has 0 saturated carbocycles. The Morgan fingerprint density at radius 1 is 0.826 bits per heavy atom. The molecule has 2 aromatic rings. The van der Waals surface area contributed by atoms with Crippen LogP contribution in [0.2, 0.25) is 0 Å². The lowest BCUT2D eigenvalue weighted by Crippen LogP contribution is -2.43. The van der Waals surface area contributed by atoms with Gasteiger partial charge in [-0.15, -0.1) is 0 Å². The Bertz CT molecular complexity index is 727. The molecule has 0 unspecified atom stereocenters. The van der Waals surface area contributed by atoms with Crippen molar-refractivity contribution in [1.29, 1.82) is 0 Å². The average molecular weight is 333 g/mol. The summed E-state index contributed by atoms with van der Waals surface area (Å²) >= 11 is 0. The van der Waals surface area contributed by atoms with E-state index in [1.165, 1.54) is 4.31 Å². The van der Waals surface area contributed by atoms with Crippen molar-refractivity contribution in [3.63, 3.8) is 0 Å². The smallest absolute Gasteiger partial charge is 0.301 e. The monoisotopic (exact) mass is 333 g/mol. The maximum Gasteiger partial charge on any atom is 0.301 e. The number of hydrogen-bond acceptors (Lipinski definition) is 4. The van der Waals surface area contributed by atoms with Crippen LogP contribution < -0.4 is 10.0 Å². The molecule has 1 fully saturated rings. The van der Waals surface area contributed by atoms with Crippen LogP contribution in [0.15, 0.2) is 54.6 Å². The molecule has 0 radical (unpaired) electrons. The van der Waals surface area contributed by atoms with E-state index < -0.39 is 10.2 Å². The number of rotatable bonds is 5. The standard InChI is InChI=1S/C16H19N3O3S/c20-23(21,19-10-12-22-13-11-19)18-16-8-6-15(7-9-16)17-14-4-2-1-3-5-14/h1-9,17-18H,10-13H2. The molecule has 2 aromatic carbocycles. The lowest BCUT2D eigenvalue weighted by molar-refractivity contribution is 0.0733. The number of para-hydroxylation sites is 1. The summed E-state index contributed by atoms with van der Waals surface area (Å²) < 4.78 is 33.7. The third-order valence-corrected chi connectivity index (χ3v) is 5.04. The first-order valence-corrected chi connectivity index (χ1v) is 8.85. The number of ether oxygens (including phenoxy) is 1. The Hall–Kier alpha value is -2.09. The molecule has 7 heteroatoms. The zero-order valence-corrected chi connectivity index (χ0v) is 13.4. The first-order chi connectivity index (χ1) is 11.1. The predicted molar refractivity (Wildman–Crippen MR) is 91.1 cm³/mol. The van der Waals surface area contributed by atoms with Crippen LogP contribution in [0.3, 0.4) is 0 Å². The van der Waals surface area contributed by atoms with Crippen LogP contribution in [0.5, 0.6) is 0 Å². The van der Waals surface area contributed by atoms with E-state index in [1.807, 2.05) is 42.5 Å². The van der Waals surface area contributed by atoms with Gasteiger partial charge in [0.05, 0.1) is 13.2 Å². The van der Waals surface area contributed by atoms with Crippen molar-refractivity contribution in [1.82, 2.24) is 4.31 Å². The summed E-state index contributed by atoms with van der Waals surface area (Å²) in [4.78, 5) is 0. The van der Waals surface area contributed by atoms with E-state index in [-0.39, 0.29) is 0 Å². The van der Waals surface area contributed by atoms with Crippen molar-refractivity contribution >= 4 is 27.3 Å². The van der Waals surface area contributed by atoms with Crippen LogP contribution in [0.25, 0.3) is 0 Å². The molecule has 6 nitrogen and oxygen atoms in total. The van der Waals surface area contributed by atoms with Gasteiger partial charge in [-0.25, -0.2) is 0 Å². The largest absolute Gasteiger partial charge is 0.379 e. The summed E-state index contributed by atoms with van der Waals surface area (Å²) in [5.74, 6) is 0. The van der Waals surface area contributed by atoms with Gasteiger partial charge in [0.1, 0.15) is 0 Å². The van der Waals surface area contributed by atoms with Gasteiger partial charge in [0.25, 0.3) is 0 Å². The van der Waals surface area contributed by atoms with Crippen LogP contribution in [0.1, 0.15) is 0 Å². The second kappa shape index (κ2) is 6.99. The van der Waals surface area contributed by atoms with Crippen molar-refractivity contribution in [2.75, 3.05) is 36.3 Å². The van der Waals surface area contributed by atoms with E-state index in [2.05, 4.69) is 10.0 Å². The molecule has 0 amide bonds. The predicted octanol–water partition coefficient (Wildman–Crippen LogP) is 2.42. The second-order valence-electron chi connectivity index (χ2n) is 5.19. The normalized spacial score (nSPS) is 16.0. The first-order valence-electron chi connectivity index (χ1n) is 7.41. The quantitative estimate of drug-likeness (QED) is 0.881. The Morgan fingerprint density at radius 2 is 1.39 bits per heavy atom. The summed E-state index contributed by atoms with van der Waals surface area (Å²) in [6, 6.07) is 16.9. The minimum Gasteiger partial charge on any atom is -0.379 e. The molecule has 0 aliphatic carbocycles. The van der Waals surface area contributed by atoms with Crippen LogP contribution in [-0.2, 0) is 14.9 Å². The van der Waals surface area contributed by atoms with Gasteiger partial charge in [0.15, 0.2) is 0 Å². The highest BCUT2D eigenvalue weighted by atomic mass is 32.2. The van der Waals surface area contributed by atoms with Crippen LogP contribution in [0, 0.1) is 0 Å². The summed E-state index contributed by atoms with van der Waals surface area (Å²) in [5, 5.41) is 3.25. The zero-order valence-electron chi connectivity index (χ0n) is 12.6. The summed E-state index contributed by atoms with van der Waals surface area (Å²) in [7, 11) is -3.53. The molecule has 0 bridgehead atoms. The van der Waals surface area contributed by atoms with E-state index in [9.17, 15) is 8.42 Å². The van der Waals surface area contributed by atoms with Crippen LogP contribution >= 0.6 is 0 Å². The average Bonchev–Trinajstić information content (AvgIpc) is 2.58. The fourth-order valence-corrected chi connectivity index (χ4v) is 3.50. The van der Waals surface area contributed by atoms with Crippen molar-refractivity contribution in [2.45, 2.75) is 0 Å². The number of nitrogens with zero attached hydrogens (tertiary/aromatic N) is 1. The maximum atomic E-state index is 12.3. The third-order valence-electron chi connectivity index (χ3n) is 3.50. The fourth-order valence-electron chi connectivity index (χ4n) is 2.31. The van der Waals surface area contributed by atoms with Crippen LogP contribution in [-0.4, -0.2) is 39.0 Å². The lowest BCUT2D eigenvalue weighted by atomic mass is 10.2. The molecule has 23 heavy (non-hydrogen) atoms. The first kappa shape index (κ1) is 15.8. The van der Waals surface area contributed by atoms with Crippen molar-refractivity contribution in [3.8, 4) is 0 Å². The van der Waals surface area contributed by atoms with E-state index >= 15 is 0 Å². The fraction of sp³-hybridized carbons (Fsp3) is 0.250. The second-order valence-corrected chi connectivity index (χ2v) is 6.86. The molecule has 1 aliphatic rings. The Balaban J connectivity index is 1.65. The van der Waals surface area contributed by atoms with Gasteiger partial charge in [-0.1, -0.05) is 18.2 Å². The Labute approximate surface area is 136 Å². The van der Waals surface area contributed by atoms with Gasteiger partial charge in [0, 0.05) is 30.2 Å². The topological polar surface area (TPSA) is 70.7 Å². The molecule has 3 rings (SSSR count). The summed E-state index contributed by atoms with van der Waals surface area (Å²) in [5.41, 5.74) is 2.41. The number of nitrogens with one attached hydrogen (secondary N) is 2. The minimum atomic E-state index is -3.53. The van der Waals surface area contributed by atoms with Crippen molar-refractivity contribution in [2.24, 2.45) is 0 Å². The molecule has 1 aliphatic heterocycles. The summed E-state index contributed by atoms with van der Waals surface area (Å²) in [6.07, 6.45) is 0. The molecule has 0 atom stereocenters. The van der Waals surface area contributed by atoms with Crippen molar-refractivity contribution in [3.05, 3.63) is 54.6 Å². The SMILES string of the molecule is O=S(=O)(Nc1ccc(Nc2ccccc2)cc1)N1CCOCC1. The Kier molecular flexibility index (Phi) is 4.80. The number of hydrogen-bond donors (Lipinski definition) is 2. The van der Waals surface area contributed by atoms with Crippen LogP contribution in [0.4, 0.5) is 17.1 Å². The molecule has 0 aromatic heterocycles. The van der Waals surface area contributed by atoms with Gasteiger partial charge in [-0.3, -0.25) is 4.72 Å². The number of benzene rings is 2. The minimum absolute atomic E-state index is 0.378. The molecule has 1 heterocycles. The molecule has 122 valence electrons. The highest BCUT2D eigenvalue weighted by molar-refractivity contribution is 7.90. The molecular formula is C16H19N3O3S. The van der Waals surface area contributed by atoms with Gasteiger partial charge >= 0.3 is 10.2 Å². The molecule has 0 spiro atoms. The summed E-state index contributed by atoms with van der Waals surface area (Å²) in [6.45, 7) is 1.62. The highest BCUT2D eigenvalue weighted by Crippen LogP contribution is 2.20. The van der Waals surface area contributed by atoms with E-state index in [1.54, 1.807) is 12.1 Å². The van der Waals surface area contributed by atoms with Gasteiger partial charge in [-0.2, -0.15) is 12.7 Å². The Morgan fingerprint density at radius 3 is 2.04 bits per heavy atom. The maximum absolute atomic E-state index is 12.3. The number of morpholine rings is 1. The molecule has 1 saturated heterocycles. The number of anilines is 3. The van der Waals surface area contributed by atoms with Gasteiger partial charge in [0.2, 0.25) is 0 Å². The molecule has 2 N–H and O–H groups in total. The third kappa shape index (κ3) is 4.22. The van der Waals surface area contributed by atoms with Gasteiger partial charge < -0.3 is 10.1 Å².